The molecule has 1 atom stereocenters. The third-order valence-corrected chi connectivity index (χ3v) is 3.61. The molecule has 0 radical (unpaired) electrons. The molecule has 2 amide bonds. The Kier molecular flexibility index (Phi) is 6.90. The molecule has 1 aromatic rings. The SMILES string of the molecule is CC(CCO)CNC(=O)NCCc1nc(C(F)(F)F)cs1. The fraction of sp³-hybridized carbons (Fsp3) is 0.667. The van der Waals surface area contributed by atoms with E-state index >= 15 is 0 Å². The number of urea groups is 1. The van der Waals surface area contributed by atoms with Gasteiger partial charge in [0.2, 0.25) is 0 Å². The van der Waals surface area contributed by atoms with Gasteiger partial charge in [0.05, 0.1) is 5.01 Å². The van der Waals surface area contributed by atoms with Gasteiger partial charge < -0.3 is 15.7 Å². The van der Waals surface area contributed by atoms with Crippen molar-refractivity contribution in [3.8, 4) is 0 Å². The molecule has 1 aromatic heterocycles. The number of thiazole rings is 1. The third-order valence-electron chi connectivity index (χ3n) is 2.70. The van der Waals surface area contributed by atoms with Gasteiger partial charge in [-0.3, -0.25) is 0 Å². The summed E-state index contributed by atoms with van der Waals surface area (Å²) in [6.07, 6.45) is -3.58. The van der Waals surface area contributed by atoms with Crippen LogP contribution in [0.2, 0.25) is 0 Å². The van der Waals surface area contributed by atoms with Gasteiger partial charge in [0.25, 0.3) is 0 Å². The van der Waals surface area contributed by atoms with Crippen LogP contribution in [0.25, 0.3) is 0 Å². The molecule has 1 unspecified atom stereocenters. The van der Waals surface area contributed by atoms with E-state index in [-0.39, 0.29) is 31.5 Å². The third kappa shape index (κ3) is 6.76. The van der Waals surface area contributed by atoms with Crippen LogP contribution >= 0.6 is 11.3 Å². The molecule has 0 aliphatic rings. The number of amides is 2. The number of nitrogens with zero attached hydrogens (tertiary/aromatic N) is 1. The average molecular weight is 325 g/mol. The van der Waals surface area contributed by atoms with Crippen molar-refractivity contribution in [1.82, 2.24) is 15.6 Å². The first-order valence-corrected chi connectivity index (χ1v) is 7.35. The number of hydrogen-bond acceptors (Lipinski definition) is 4. The zero-order valence-corrected chi connectivity index (χ0v) is 12.4. The molecule has 3 N–H and O–H groups in total. The second kappa shape index (κ2) is 8.18. The molecule has 5 nitrogen and oxygen atoms in total. The quantitative estimate of drug-likeness (QED) is 0.718. The lowest BCUT2D eigenvalue weighted by Gasteiger charge is -2.11. The maximum Gasteiger partial charge on any atom is 0.434 e. The minimum Gasteiger partial charge on any atom is -0.396 e. The van der Waals surface area contributed by atoms with Gasteiger partial charge in [-0.05, 0) is 12.3 Å². The van der Waals surface area contributed by atoms with Gasteiger partial charge in [-0.2, -0.15) is 13.2 Å². The van der Waals surface area contributed by atoms with Gasteiger partial charge >= 0.3 is 12.2 Å². The van der Waals surface area contributed by atoms with E-state index in [1.807, 2.05) is 6.92 Å². The van der Waals surface area contributed by atoms with Crippen LogP contribution in [-0.2, 0) is 12.6 Å². The summed E-state index contributed by atoms with van der Waals surface area (Å²) >= 11 is 0.922. The molecule has 0 aromatic carbocycles. The number of aromatic nitrogens is 1. The van der Waals surface area contributed by atoms with Crippen molar-refractivity contribution in [3.63, 3.8) is 0 Å². The van der Waals surface area contributed by atoms with E-state index in [1.165, 1.54) is 0 Å². The standard InChI is InChI=1S/C12H18F3N3O2S/c1-8(3-5-19)6-17-11(20)16-4-2-10-18-9(7-21-10)12(13,14)15/h7-8,19H,2-6H2,1H3,(H2,16,17,20). The minimum absolute atomic E-state index is 0.0655. The highest BCUT2D eigenvalue weighted by Crippen LogP contribution is 2.29. The van der Waals surface area contributed by atoms with Crippen LogP contribution in [0.15, 0.2) is 5.38 Å². The summed E-state index contributed by atoms with van der Waals surface area (Å²) in [5.41, 5.74) is -0.898. The second-order valence-corrected chi connectivity index (χ2v) is 5.57. The minimum atomic E-state index is -4.43. The molecule has 9 heteroatoms. The van der Waals surface area contributed by atoms with Crippen molar-refractivity contribution in [2.24, 2.45) is 5.92 Å². The predicted octanol–water partition coefficient (Wildman–Crippen LogP) is 2.02. The smallest absolute Gasteiger partial charge is 0.396 e. The highest BCUT2D eigenvalue weighted by atomic mass is 32.1. The second-order valence-electron chi connectivity index (χ2n) is 4.63. The lowest BCUT2D eigenvalue weighted by molar-refractivity contribution is -0.140. The maximum absolute atomic E-state index is 12.3. The lowest BCUT2D eigenvalue weighted by atomic mass is 10.1. The monoisotopic (exact) mass is 325 g/mol. The van der Waals surface area contributed by atoms with Crippen LogP contribution in [-0.4, -0.2) is 35.8 Å². The van der Waals surface area contributed by atoms with Gasteiger partial charge in [0.15, 0.2) is 5.69 Å². The fourth-order valence-corrected chi connectivity index (χ4v) is 2.30. The zero-order chi connectivity index (χ0) is 15.9. The van der Waals surface area contributed by atoms with Gasteiger partial charge in [0, 0.05) is 31.5 Å². The highest BCUT2D eigenvalue weighted by Gasteiger charge is 2.33. The summed E-state index contributed by atoms with van der Waals surface area (Å²) in [4.78, 5) is 14.9. The molecule has 0 saturated carbocycles. The molecule has 1 rings (SSSR count). The van der Waals surface area contributed by atoms with E-state index in [1.54, 1.807) is 0 Å². The number of rotatable bonds is 7. The number of carbonyl (C=O) groups excluding carboxylic acids is 1. The number of alkyl halides is 3. The number of halogens is 3. The summed E-state index contributed by atoms with van der Waals surface area (Å²) in [5, 5.41) is 15.2. The van der Waals surface area contributed by atoms with Crippen molar-refractivity contribution in [2.75, 3.05) is 19.7 Å². The molecule has 0 bridgehead atoms. The number of carbonyl (C=O) groups is 1. The van der Waals surface area contributed by atoms with E-state index in [9.17, 15) is 18.0 Å². The van der Waals surface area contributed by atoms with Crippen LogP contribution in [0.5, 0.6) is 0 Å². The van der Waals surface area contributed by atoms with E-state index in [2.05, 4.69) is 15.6 Å². The first-order chi connectivity index (χ1) is 9.82. The summed E-state index contributed by atoms with van der Waals surface area (Å²) in [6.45, 7) is 2.60. The van der Waals surface area contributed by atoms with Crippen molar-refractivity contribution < 1.29 is 23.1 Å². The maximum atomic E-state index is 12.3. The Labute approximate surface area is 124 Å². The fourth-order valence-electron chi connectivity index (χ4n) is 1.49. The first kappa shape index (κ1) is 17.7. The Morgan fingerprint density at radius 2 is 2.19 bits per heavy atom. The van der Waals surface area contributed by atoms with Gasteiger partial charge in [0.1, 0.15) is 0 Å². The van der Waals surface area contributed by atoms with Crippen LogP contribution in [0.1, 0.15) is 24.0 Å². The highest BCUT2D eigenvalue weighted by molar-refractivity contribution is 7.09. The van der Waals surface area contributed by atoms with Crippen LogP contribution in [0.3, 0.4) is 0 Å². The summed E-state index contributed by atoms with van der Waals surface area (Å²) in [7, 11) is 0. The summed E-state index contributed by atoms with van der Waals surface area (Å²) in [5.74, 6) is 0.161. The van der Waals surface area contributed by atoms with Crippen LogP contribution < -0.4 is 10.6 Å². The van der Waals surface area contributed by atoms with Crippen LogP contribution in [0, 0.1) is 5.92 Å². The molecule has 0 spiro atoms. The Morgan fingerprint density at radius 1 is 1.48 bits per heavy atom. The molecule has 1 heterocycles. The van der Waals surface area contributed by atoms with Crippen LogP contribution in [0.4, 0.5) is 18.0 Å². The Morgan fingerprint density at radius 3 is 2.76 bits per heavy atom. The predicted molar refractivity (Wildman–Crippen MR) is 73.1 cm³/mol. The normalized spacial score (nSPS) is 13.0. The molecular formula is C12H18F3N3O2S. The summed E-state index contributed by atoms with van der Waals surface area (Å²) in [6, 6.07) is -0.382. The molecule has 21 heavy (non-hydrogen) atoms. The summed E-state index contributed by atoms with van der Waals surface area (Å²) < 4.78 is 37.0. The van der Waals surface area contributed by atoms with Gasteiger partial charge in [-0.25, -0.2) is 9.78 Å². The Balaban J connectivity index is 2.24. The number of aliphatic hydroxyl groups is 1. The van der Waals surface area contributed by atoms with Gasteiger partial charge in [-0.1, -0.05) is 6.92 Å². The molecule has 0 aliphatic carbocycles. The topological polar surface area (TPSA) is 74.2 Å². The van der Waals surface area contributed by atoms with E-state index in [4.69, 9.17) is 5.11 Å². The lowest BCUT2D eigenvalue weighted by Crippen LogP contribution is -2.38. The van der Waals surface area contributed by atoms with Crippen molar-refractivity contribution in [1.29, 1.82) is 0 Å². The van der Waals surface area contributed by atoms with Crippen molar-refractivity contribution in [3.05, 3.63) is 16.1 Å². The Bertz CT molecular complexity index is 451. The largest absolute Gasteiger partial charge is 0.434 e. The molecule has 0 aliphatic heterocycles. The Hall–Kier alpha value is -1.35. The van der Waals surface area contributed by atoms with Crippen molar-refractivity contribution in [2.45, 2.75) is 25.9 Å². The van der Waals surface area contributed by atoms with E-state index in [0.29, 0.717) is 18.0 Å². The van der Waals surface area contributed by atoms with Gasteiger partial charge in [-0.15, -0.1) is 11.3 Å². The number of nitrogens with one attached hydrogen (secondary N) is 2. The molecular weight excluding hydrogens is 307 g/mol. The number of hydrogen-bond donors (Lipinski definition) is 3. The van der Waals surface area contributed by atoms with E-state index in [0.717, 1.165) is 16.7 Å². The molecule has 0 saturated heterocycles. The number of aliphatic hydroxyl groups excluding tert-OH is 1. The average Bonchev–Trinajstić information content (AvgIpc) is 2.85. The molecule has 120 valence electrons. The zero-order valence-electron chi connectivity index (χ0n) is 11.5. The first-order valence-electron chi connectivity index (χ1n) is 6.47. The molecule has 0 fully saturated rings. The van der Waals surface area contributed by atoms with Crippen molar-refractivity contribution >= 4 is 17.4 Å². The van der Waals surface area contributed by atoms with E-state index < -0.39 is 11.9 Å².